The number of benzene rings is 1. The summed E-state index contributed by atoms with van der Waals surface area (Å²) in [6.07, 6.45) is 9.14. The normalized spacial score (nSPS) is 10.6. The van der Waals surface area contributed by atoms with Crippen molar-refractivity contribution in [3.8, 4) is 11.5 Å². The number of pyridine rings is 1. The van der Waals surface area contributed by atoms with Crippen LogP contribution in [0, 0.1) is 0 Å². The molecule has 0 unspecified atom stereocenters. The lowest BCUT2D eigenvalue weighted by atomic mass is 10.1. The van der Waals surface area contributed by atoms with Gasteiger partial charge in [0, 0.05) is 16.8 Å². The number of aromatic nitrogens is 1. The fraction of sp³-hybridized carbons (Fsp3) is 0.333. The summed E-state index contributed by atoms with van der Waals surface area (Å²) >= 11 is 7.50. The fourth-order valence-corrected chi connectivity index (χ4v) is 3.92. The second-order valence-electron chi connectivity index (χ2n) is 7.11. The lowest BCUT2D eigenvalue weighted by Crippen LogP contribution is -2.12. The van der Waals surface area contributed by atoms with Gasteiger partial charge in [-0.2, -0.15) is 0 Å². The molecule has 1 amide bonds. The highest BCUT2D eigenvalue weighted by Gasteiger charge is 2.16. The summed E-state index contributed by atoms with van der Waals surface area (Å²) in [5, 5.41) is 5.30. The number of unbranched alkanes of at least 4 members (excludes halogenated alkanes) is 4. The van der Waals surface area contributed by atoms with Crippen LogP contribution in [0.3, 0.4) is 0 Å². The van der Waals surface area contributed by atoms with Crippen molar-refractivity contribution >= 4 is 34.5 Å². The van der Waals surface area contributed by atoms with Gasteiger partial charge in [0.1, 0.15) is 23.0 Å². The molecule has 0 fully saturated rings. The van der Waals surface area contributed by atoms with Crippen LogP contribution < -0.4 is 14.8 Å². The number of ether oxygens (including phenoxy) is 2. The zero-order valence-corrected chi connectivity index (χ0v) is 19.2. The van der Waals surface area contributed by atoms with Gasteiger partial charge in [0.05, 0.1) is 18.5 Å². The van der Waals surface area contributed by atoms with Crippen LogP contribution in [-0.4, -0.2) is 17.5 Å². The minimum Gasteiger partial charge on any atom is -0.493 e. The first kappa shape index (κ1) is 23.1. The van der Waals surface area contributed by atoms with E-state index < -0.39 is 0 Å². The largest absolute Gasteiger partial charge is 0.493 e. The maximum atomic E-state index is 12.6. The summed E-state index contributed by atoms with van der Waals surface area (Å²) in [4.78, 5) is 17.1. The third-order valence-electron chi connectivity index (χ3n) is 4.67. The van der Waals surface area contributed by atoms with E-state index in [1.54, 1.807) is 30.6 Å². The van der Waals surface area contributed by atoms with Gasteiger partial charge in [-0.25, -0.2) is 0 Å². The summed E-state index contributed by atoms with van der Waals surface area (Å²) < 4.78 is 11.9. The van der Waals surface area contributed by atoms with Gasteiger partial charge in [-0.3, -0.25) is 9.78 Å². The molecule has 2 heterocycles. The highest BCUT2D eigenvalue weighted by Crippen LogP contribution is 2.29. The number of nitrogens with zero attached hydrogens (tertiary/aromatic N) is 1. The molecule has 1 aromatic carbocycles. The van der Waals surface area contributed by atoms with E-state index in [1.807, 2.05) is 23.6 Å². The predicted molar refractivity (Wildman–Crippen MR) is 127 cm³/mol. The average Bonchev–Trinajstić information content (AvgIpc) is 3.25. The monoisotopic (exact) mass is 458 g/mol. The standard InChI is InChI=1S/C24H27ClN2O3S/c1-2-3-4-5-6-13-29-22-15-19(25)10-9-18(22)17-30-21-11-14-31-23(21)24(28)27-20-8-7-12-26-16-20/h7-12,14-16H,2-6,13,17H2,1H3,(H,27,28). The van der Waals surface area contributed by atoms with Gasteiger partial charge in [0.15, 0.2) is 0 Å². The lowest BCUT2D eigenvalue weighted by molar-refractivity contribution is 0.102. The molecule has 0 saturated carbocycles. The molecule has 0 aliphatic carbocycles. The molecule has 1 N–H and O–H groups in total. The van der Waals surface area contributed by atoms with E-state index in [2.05, 4.69) is 17.2 Å². The Kier molecular flexibility index (Phi) is 9.18. The topological polar surface area (TPSA) is 60.5 Å². The molecule has 7 heteroatoms. The Labute approximate surface area is 192 Å². The van der Waals surface area contributed by atoms with Gasteiger partial charge in [0.2, 0.25) is 0 Å². The fourth-order valence-electron chi connectivity index (χ4n) is 3.03. The molecule has 164 valence electrons. The number of carbonyl (C=O) groups is 1. The molecule has 0 bridgehead atoms. The van der Waals surface area contributed by atoms with E-state index in [0.717, 1.165) is 24.2 Å². The second kappa shape index (κ2) is 12.3. The van der Waals surface area contributed by atoms with Crippen LogP contribution in [0.4, 0.5) is 5.69 Å². The number of hydrogen-bond acceptors (Lipinski definition) is 5. The number of amides is 1. The number of hydrogen-bond donors (Lipinski definition) is 1. The Balaban J connectivity index is 1.59. The number of thiophene rings is 1. The van der Waals surface area contributed by atoms with Crippen molar-refractivity contribution < 1.29 is 14.3 Å². The minimum absolute atomic E-state index is 0.224. The second-order valence-corrected chi connectivity index (χ2v) is 8.47. The van der Waals surface area contributed by atoms with Crippen molar-refractivity contribution in [2.24, 2.45) is 0 Å². The number of carbonyl (C=O) groups excluding carboxylic acids is 1. The molecular weight excluding hydrogens is 432 g/mol. The van der Waals surface area contributed by atoms with Gasteiger partial charge >= 0.3 is 0 Å². The molecule has 31 heavy (non-hydrogen) atoms. The Morgan fingerprint density at radius 2 is 1.97 bits per heavy atom. The van der Waals surface area contributed by atoms with Crippen molar-refractivity contribution in [2.45, 2.75) is 45.6 Å². The highest BCUT2D eigenvalue weighted by molar-refractivity contribution is 7.12. The SMILES string of the molecule is CCCCCCCOc1cc(Cl)ccc1COc1ccsc1C(=O)Nc1cccnc1. The summed E-state index contributed by atoms with van der Waals surface area (Å²) in [6, 6.07) is 10.9. The zero-order chi connectivity index (χ0) is 21.9. The maximum Gasteiger partial charge on any atom is 0.269 e. The van der Waals surface area contributed by atoms with Crippen LogP contribution in [0.25, 0.3) is 0 Å². The molecule has 5 nitrogen and oxygen atoms in total. The van der Waals surface area contributed by atoms with Crippen LogP contribution in [-0.2, 0) is 6.61 Å². The van der Waals surface area contributed by atoms with Crippen molar-refractivity contribution in [3.63, 3.8) is 0 Å². The molecule has 0 spiro atoms. The Hall–Kier alpha value is -2.57. The van der Waals surface area contributed by atoms with Gasteiger partial charge in [-0.15, -0.1) is 11.3 Å². The highest BCUT2D eigenvalue weighted by atomic mass is 35.5. The van der Waals surface area contributed by atoms with Gasteiger partial charge in [-0.05, 0) is 42.1 Å². The summed E-state index contributed by atoms with van der Waals surface area (Å²) in [5.74, 6) is 1.03. The molecule has 3 rings (SSSR count). The first-order chi connectivity index (χ1) is 15.2. The summed E-state index contributed by atoms with van der Waals surface area (Å²) in [7, 11) is 0. The number of rotatable bonds is 12. The van der Waals surface area contributed by atoms with E-state index in [0.29, 0.717) is 27.9 Å². The number of nitrogens with one attached hydrogen (secondary N) is 1. The van der Waals surface area contributed by atoms with Crippen molar-refractivity contribution in [1.82, 2.24) is 4.98 Å². The first-order valence-corrected chi connectivity index (χ1v) is 11.8. The molecule has 2 aromatic heterocycles. The van der Waals surface area contributed by atoms with Gasteiger partial charge < -0.3 is 14.8 Å². The number of halogens is 1. The van der Waals surface area contributed by atoms with Crippen LogP contribution >= 0.6 is 22.9 Å². The van der Waals surface area contributed by atoms with Crippen LogP contribution in [0.1, 0.15) is 54.3 Å². The zero-order valence-electron chi connectivity index (χ0n) is 17.6. The molecule has 0 aliphatic heterocycles. The van der Waals surface area contributed by atoms with E-state index >= 15 is 0 Å². The lowest BCUT2D eigenvalue weighted by Gasteiger charge is -2.13. The van der Waals surface area contributed by atoms with Crippen molar-refractivity contribution in [3.05, 3.63) is 69.6 Å². The first-order valence-electron chi connectivity index (χ1n) is 10.5. The molecule has 3 aromatic rings. The van der Waals surface area contributed by atoms with Crippen LogP contribution in [0.5, 0.6) is 11.5 Å². The Morgan fingerprint density at radius 1 is 1.10 bits per heavy atom. The molecular formula is C24H27ClN2O3S. The van der Waals surface area contributed by atoms with Crippen LogP contribution in [0.15, 0.2) is 54.2 Å². The molecule has 0 atom stereocenters. The molecule has 0 radical (unpaired) electrons. The third kappa shape index (κ3) is 7.26. The van der Waals surface area contributed by atoms with Crippen molar-refractivity contribution in [1.29, 1.82) is 0 Å². The average molecular weight is 459 g/mol. The smallest absolute Gasteiger partial charge is 0.269 e. The molecule has 0 saturated heterocycles. The van der Waals surface area contributed by atoms with E-state index in [-0.39, 0.29) is 12.5 Å². The maximum absolute atomic E-state index is 12.6. The predicted octanol–water partition coefficient (Wildman–Crippen LogP) is 6.98. The van der Waals surface area contributed by atoms with Gasteiger partial charge in [0.25, 0.3) is 5.91 Å². The number of anilines is 1. The van der Waals surface area contributed by atoms with Gasteiger partial charge in [-0.1, -0.05) is 50.3 Å². The van der Waals surface area contributed by atoms with Crippen LogP contribution in [0.2, 0.25) is 5.02 Å². The quantitative estimate of drug-likeness (QED) is 0.297. The molecule has 0 aliphatic rings. The Morgan fingerprint density at radius 3 is 2.77 bits per heavy atom. The summed E-state index contributed by atoms with van der Waals surface area (Å²) in [5.41, 5.74) is 1.53. The van der Waals surface area contributed by atoms with E-state index in [4.69, 9.17) is 21.1 Å². The van der Waals surface area contributed by atoms with E-state index in [9.17, 15) is 4.79 Å². The minimum atomic E-state index is -0.224. The van der Waals surface area contributed by atoms with Crippen molar-refractivity contribution in [2.75, 3.05) is 11.9 Å². The third-order valence-corrected chi connectivity index (χ3v) is 5.80. The summed E-state index contributed by atoms with van der Waals surface area (Å²) in [6.45, 7) is 3.14. The Bertz CT molecular complexity index is 962. The van der Waals surface area contributed by atoms with E-state index in [1.165, 1.54) is 30.6 Å².